The second kappa shape index (κ2) is 9.87. The van der Waals surface area contributed by atoms with Crippen molar-refractivity contribution in [3.05, 3.63) is 65.7 Å². The molecule has 2 N–H and O–H groups in total. The van der Waals surface area contributed by atoms with E-state index < -0.39 is 0 Å². The van der Waals surface area contributed by atoms with Crippen LogP contribution in [0, 0.1) is 0 Å². The van der Waals surface area contributed by atoms with E-state index in [0.29, 0.717) is 18.7 Å². The molecule has 0 aliphatic heterocycles. The van der Waals surface area contributed by atoms with Crippen LogP contribution in [-0.4, -0.2) is 25.5 Å². The van der Waals surface area contributed by atoms with Crippen molar-refractivity contribution in [3.63, 3.8) is 0 Å². The number of carbonyl (C=O) groups is 1. The van der Waals surface area contributed by atoms with Crippen LogP contribution in [0.15, 0.2) is 54.6 Å². The first-order valence-electron chi connectivity index (χ1n) is 7.42. The minimum atomic E-state index is -0.0747. The molecule has 2 aromatic rings. The number of carbonyl (C=O) groups excluding carboxylic acids is 1. The Labute approximate surface area is 143 Å². The number of benzene rings is 2. The lowest BCUT2D eigenvalue weighted by Crippen LogP contribution is -2.37. The highest BCUT2D eigenvalue weighted by Gasteiger charge is 2.11. The molecule has 0 aliphatic carbocycles. The Morgan fingerprint density at radius 3 is 2.43 bits per heavy atom. The number of amides is 1. The second-order valence-corrected chi connectivity index (χ2v) is 5.16. The molecule has 0 aromatic heterocycles. The Morgan fingerprint density at radius 2 is 1.74 bits per heavy atom. The van der Waals surface area contributed by atoms with Crippen molar-refractivity contribution >= 4 is 18.3 Å². The van der Waals surface area contributed by atoms with Crippen LogP contribution < -0.4 is 15.4 Å². The van der Waals surface area contributed by atoms with Gasteiger partial charge in [-0.2, -0.15) is 0 Å². The lowest BCUT2D eigenvalue weighted by Gasteiger charge is -2.14. The molecule has 0 heterocycles. The first-order valence-corrected chi connectivity index (χ1v) is 7.42. The van der Waals surface area contributed by atoms with Crippen molar-refractivity contribution in [1.82, 2.24) is 10.6 Å². The molecule has 1 unspecified atom stereocenters. The van der Waals surface area contributed by atoms with E-state index >= 15 is 0 Å². The minimum Gasteiger partial charge on any atom is -0.489 e. The highest BCUT2D eigenvalue weighted by Crippen LogP contribution is 2.14. The number of ether oxygens (including phenoxy) is 1. The number of rotatable bonds is 7. The topological polar surface area (TPSA) is 50.4 Å². The molecule has 23 heavy (non-hydrogen) atoms. The summed E-state index contributed by atoms with van der Waals surface area (Å²) in [5.74, 6) is 0.718. The van der Waals surface area contributed by atoms with Gasteiger partial charge in [-0.3, -0.25) is 4.79 Å². The highest BCUT2D eigenvalue weighted by atomic mass is 35.5. The summed E-state index contributed by atoms with van der Waals surface area (Å²) in [5, 5.41) is 6.02. The molecule has 2 rings (SSSR count). The molecule has 0 fully saturated rings. The predicted octanol–water partition coefficient (Wildman–Crippen LogP) is 3.03. The zero-order valence-electron chi connectivity index (χ0n) is 13.4. The van der Waals surface area contributed by atoms with Crippen molar-refractivity contribution < 1.29 is 9.53 Å². The maximum atomic E-state index is 12.3. The summed E-state index contributed by atoms with van der Waals surface area (Å²) in [6, 6.07) is 17.3. The van der Waals surface area contributed by atoms with Gasteiger partial charge in [0.05, 0.1) is 0 Å². The third-order valence-corrected chi connectivity index (χ3v) is 3.46. The zero-order chi connectivity index (χ0) is 15.8. The second-order valence-electron chi connectivity index (χ2n) is 5.16. The molecular weight excluding hydrogens is 312 g/mol. The lowest BCUT2D eigenvalue weighted by molar-refractivity contribution is 0.0948. The summed E-state index contributed by atoms with van der Waals surface area (Å²) in [4.78, 5) is 12.3. The van der Waals surface area contributed by atoms with E-state index in [1.807, 2.05) is 68.6 Å². The van der Waals surface area contributed by atoms with Crippen molar-refractivity contribution in [3.8, 4) is 5.75 Å². The molecule has 0 aliphatic rings. The van der Waals surface area contributed by atoms with Gasteiger partial charge in [0.25, 0.3) is 5.91 Å². The standard InChI is InChI=1S/C18H22N2O2.ClH/c1-14(19-2)12-20-18(21)17-11-7-6-8-15(17)13-22-16-9-4-3-5-10-16;/h3-11,14,19H,12-13H2,1-2H3,(H,20,21);1H. The fraction of sp³-hybridized carbons (Fsp3) is 0.278. The summed E-state index contributed by atoms with van der Waals surface area (Å²) in [6.07, 6.45) is 0. The Hall–Kier alpha value is -2.04. The van der Waals surface area contributed by atoms with Gasteiger partial charge in [-0.05, 0) is 32.2 Å². The molecule has 1 amide bonds. The number of hydrogen-bond acceptors (Lipinski definition) is 3. The molecule has 0 spiro atoms. The molecule has 124 valence electrons. The molecule has 0 saturated heterocycles. The van der Waals surface area contributed by atoms with Crippen LogP contribution >= 0.6 is 12.4 Å². The number of halogens is 1. The smallest absolute Gasteiger partial charge is 0.251 e. The number of likely N-dealkylation sites (N-methyl/N-ethyl adjacent to an activating group) is 1. The van der Waals surface area contributed by atoms with Gasteiger partial charge in [-0.1, -0.05) is 36.4 Å². The van der Waals surface area contributed by atoms with E-state index in [-0.39, 0.29) is 24.4 Å². The van der Waals surface area contributed by atoms with Gasteiger partial charge in [-0.25, -0.2) is 0 Å². The van der Waals surface area contributed by atoms with Gasteiger partial charge in [0.15, 0.2) is 0 Å². The predicted molar refractivity (Wildman–Crippen MR) is 95.3 cm³/mol. The Morgan fingerprint density at radius 1 is 1.09 bits per heavy atom. The maximum Gasteiger partial charge on any atom is 0.251 e. The van der Waals surface area contributed by atoms with Crippen LogP contribution in [0.1, 0.15) is 22.8 Å². The van der Waals surface area contributed by atoms with Gasteiger partial charge >= 0.3 is 0 Å². The molecule has 2 aromatic carbocycles. The highest BCUT2D eigenvalue weighted by molar-refractivity contribution is 5.95. The van der Waals surface area contributed by atoms with Crippen molar-refractivity contribution in [1.29, 1.82) is 0 Å². The molecule has 0 bridgehead atoms. The fourth-order valence-corrected chi connectivity index (χ4v) is 1.99. The minimum absolute atomic E-state index is 0. The summed E-state index contributed by atoms with van der Waals surface area (Å²) < 4.78 is 5.74. The van der Waals surface area contributed by atoms with Crippen molar-refractivity contribution in [2.24, 2.45) is 0 Å². The number of hydrogen-bond donors (Lipinski definition) is 2. The first-order chi connectivity index (χ1) is 10.7. The first kappa shape index (κ1) is 19.0. The van der Waals surface area contributed by atoms with Gasteiger partial charge in [0.2, 0.25) is 0 Å². The van der Waals surface area contributed by atoms with E-state index in [9.17, 15) is 4.79 Å². The monoisotopic (exact) mass is 334 g/mol. The SMILES string of the molecule is CNC(C)CNC(=O)c1ccccc1COc1ccccc1.Cl. The van der Waals surface area contributed by atoms with E-state index in [1.54, 1.807) is 0 Å². The zero-order valence-corrected chi connectivity index (χ0v) is 14.2. The van der Waals surface area contributed by atoms with Crippen LogP contribution in [0.3, 0.4) is 0 Å². The quantitative estimate of drug-likeness (QED) is 0.818. The number of nitrogens with one attached hydrogen (secondary N) is 2. The summed E-state index contributed by atoms with van der Waals surface area (Å²) in [7, 11) is 1.87. The van der Waals surface area contributed by atoms with Gasteiger partial charge in [0, 0.05) is 23.7 Å². The Bertz CT molecular complexity index is 605. The molecule has 5 heteroatoms. The van der Waals surface area contributed by atoms with Crippen molar-refractivity contribution in [2.45, 2.75) is 19.6 Å². The maximum absolute atomic E-state index is 12.3. The van der Waals surface area contributed by atoms with Crippen LogP contribution in [0.25, 0.3) is 0 Å². The van der Waals surface area contributed by atoms with Crippen LogP contribution in [0.4, 0.5) is 0 Å². The Kier molecular flexibility index (Phi) is 8.16. The van der Waals surface area contributed by atoms with E-state index in [2.05, 4.69) is 10.6 Å². The average molecular weight is 335 g/mol. The third-order valence-electron chi connectivity index (χ3n) is 3.46. The summed E-state index contributed by atoms with van der Waals surface area (Å²) in [5.41, 5.74) is 1.53. The van der Waals surface area contributed by atoms with Crippen LogP contribution in [0.2, 0.25) is 0 Å². The molecular formula is C18H23ClN2O2. The summed E-state index contributed by atoms with van der Waals surface area (Å²) >= 11 is 0. The van der Waals surface area contributed by atoms with Crippen molar-refractivity contribution in [2.75, 3.05) is 13.6 Å². The lowest BCUT2D eigenvalue weighted by atomic mass is 10.1. The molecule has 4 nitrogen and oxygen atoms in total. The Balaban J connectivity index is 0.00000264. The average Bonchev–Trinajstić information content (AvgIpc) is 2.58. The normalized spacial score (nSPS) is 11.2. The van der Waals surface area contributed by atoms with E-state index in [0.717, 1.165) is 11.3 Å². The third kappa shape index (κ3) is 5.93. The largest absolute Gasteiger partial charge is 0.489 e. The number of para-hydroxylation sites is 1. The van der Waals surface area contributed by atoms with Gasteiger partial charge in [-0.15, -0.1) is 12.4 Å². The van der Waals surface area contributed by atoms with Crippen LogP contribution in [0.5, 0.6) is 5.75 Å². The van der Waals surface area contributed by atoms with E-state index in [1.165, 1.54) is 0 Å². The van der Waals surface area contributed by atoms with Crippen LogP contribution in [-0.2, 0) is 6.61 Å². The van der Waals surface area contributed by atoms with Gasteiger partial charge < -0.3 is 15.4 Å². The summed E-state index contributed by atoms with van der Waals surface area (Å²) in [6.45, 7) is 2.98. The van der Waals surface area contributed by atoms with E-state index in [4.69, 9.17) is 4.74 Å². The molecule has 0 radical (unpaired) electrons. The molecule has 0 saturated carbocycles. The van der Waals surface area contributed by atoms with Gasteiger partial charge in [0.1, 0.15) is 12.4 Å². The molecule has 1 atom stereocenters. The fourth-order valence-electron chi connectivity index (χ4n) is 1.99.